The van der Waals surface area contributed by atoms with Crippen molar-refractivity contribution in [3.8, 4) is 0 Å². The lowest BCUT2D eigenvalue weighted by atomic mass is 9.89. The summed E-state index contributed by atoms with van der Waals surface area (Å²) in [7, 11) is 0. The number of benzene rings is 2. The summed E-state index contributed by atoms with van der Waals surface area (Å²) in [6, 6.07) is 16.4. The summed E-state index contributed by atoms with van der Waals surface area (Å²) in [5.74, 6) is 0.660. The molecule has 1 unspecified atom stereocenters. The first-order valence-corrected chi connectivity index (χ1v) is 10.7. The molecule has 2 aromatic carbocycles. The van der Waals surface area contributed by atoms with Gasteiger partial charge in [-0.05, 0) is 62.0 Å². The Balaban J connectivity index is 1.28. The lowest BCUT2D eigenvalue weighted by Gasteiger charge is -2.36. The molecule has 2 aliphatic heterocycles. The number of hydrogen-bond donors (Lipinski definition) is 1. The van der Waals surface area contributed by atoms with E-state index in [1.54, 1.807) is 18.2 Å². The van der Waals surface area contributed by atoms with Crippen molar-refractivity contribution in [2.45, 2.75) is 31.2 Å². The van der Waals surface area contributed by atoms with Crippen molar-refractivity contribution >= 4 is 34.9 Å². The highest BCUT2D eigenvalue weighted by Gasteiger charge is 2.32. The molecule has 2 aliphatic rings. The van der Waals surface area contributed by atoms with E-state index in [1.807, 2.05) is 4.90 Å². The fourth-order valence-corrected chi connectivity index (χ4v) is 4.62. The second kappa shape index (κ2) is 8.73. The number of nitrogens with zero attached hydrogens (tertiary/aromatic N) is 2. The van der Waals surface area contributed by atoms with Crippen molar-refractivity contribution in [3.63, 3.8) is 0 Å². The number of urea groups is 1. The number of carbonyl (C=O) groups is 1. The average Bonchev–Trinajstić information content (AvgIpc) is 3.22. The van der Waals surface area contributed by atoms with Gasteiger partial charge in [-0.25, -0.2) is 4.79 Å². The smallest absolute Gasteiger partial charge is 0.321 e. The fraction of sp³-hybridized carbons (Fsp3) is 0.409. The van der Waals surface area contributed by atoms with Crippen LogP contribution in [0.3, 0.4) is 0 Å². The van der Waals surface area contributed by atoms with Crippen molar-refractivity contribution in [1.82, 2.24) is 9.80 Å². The second-order valence-corrected chi connectivity index (χ2v) is 8.48. The number of amides is 2. The molecule has 6 heteroatoms. The maximum absolute atomic E-state index is 12.6. The van der Waals surface area contributed by atoms with E-state index in [-0.39, 0.29) is 6.03 Å². The van der Waals surface area contributed by atoms with Crippen molar-refractivity contribution < 1.29 is 4.79 Å². The zero-order valence-corrected chi connectivity index (χ0v) is 17.3. The van der Waals surface area contributed by atoms with Crippen molar-refractivity contribution in [2.24, 2.45) is 0 Å². The zero-order valence-electron chi connectivity index (χ0n) is 15.8. The Morgan fingerprint density at radius 3 is 2.39 bits per heavy atom. The summed E-state index contributed by atoms with van der Waals surface area (Å²) in [6.45, 7) is 3.78. The van der Waals surface area contributed by atoms with E-state index in [0.717, 1.165) is 32.6 Å². The molecule has 0 saturated carbocycles. The van der Waals surface area contributed by atoms with Crippen LogP contribution in [-0.4, -0.2) is 48.1 Å². The summed E-state index contributed by atoms with van der Waals surface area (Å²) in [6.07, 6.45) is 3.41. The maximum atomic E-state index is 12.6. The lowest BCUT2D eigenvalue weighted by Crippen LogP contribution is -2.43. The van der Waals surface area contributed by atoms with Crippen LogP contribution < -0.4 is 5.32 Å². The van der Waals surface area contributed by atoms with Gasteiger partial charge in [0.25, 0.3) is 0 Å². The molecule has 0 aliphatic carbocycles. The Labute approximate surface area is 176 Å². The zero-order chi connectivity index (χ0) is 19.5. The summed E-state index contributed by atoms with van der Waals surface area (Å²) in [4.78, 5) is 17.1. The van der Waals surface area contributed by atoms with Crippen LogP contribution in [-0.2, 0) is 0 Å². The minimum absolute atomic E-state index is 0.0694. The molecule has 0 bridgehead atoms. The van der Waals surface area contributed by atoms with Gasteiger partial charge in [-0.1, -0.05) is 53.5 Å². The van der Waals surface area contributed by atoms with Crippen LogP contribution in [0.4, 0.5) is 10.5 Å². The van der Waals surface area contributed by atoms with Crippen LogP contribution in [0.25, 0.3) is 0 Å². The molecule has 0 spiro atoms. The van der Waals surface area contributed by atoms with Gasteiger partial charge in [-0.3, -0.25) is 4.90 Å². The fourth-order valence-electron chi connectivity index (χ4n) is 4.32. The monoisotopic (exact) mass is 417 g/mol. The third-order valence-electron chi connectivity index (χ3n) is 5.94. The standard InChI is InChI=1S/C22H25Cl2N3O/c23-20-7-6-18(14-21(20)24)25-22(28)27-13-10-19(15-27)26-11-8-17(9-12-26)16-4-2-1-3-5-16/h1-7,14,17,19H,8-13,15H2,(H,25,28). The van der Waals surface area contributed by atoms with E-state index in [9.17, 15) is 4.79 Å². The van der Waals surface area contributed by atoms with Gasteiger partial charge in [-0.2, -0.15) is 0 Å². The Morgan fingerprint density at radius 2 is 1.68 bits per heavy atom. The van der Waals surface area contributed by atoms with E-state index < -0.39 is 0 Å². The summed E-state index contributed by atoms with van der Waals surface area (Å²) in [5.41, 5.74) is 2.13. The molecule has 4 nitrogen and oxygen atoms in total. The van der Waals surface area contributed by atoms with E-state index in [1.165, 1.54) is 18.4 Å². The highest BCUT2D eigenvalue weighted by molar-refractivity contribution is 6.42. The number of likely N-dealkylation sites (tertiary alicyclic amines) is 2. The summed E-state index contributed by atoms with van der Waals surface area (Å²) in [5, 5.41) is 3.86. The molecule has 0 radical (unpaired) electrons. The number of piperidine rings is 1. The summed E-state index contributed by atoms with van der Waals surface area (Å²) < 4.78 is 0. The van der Waals surface area contributed by atoms with Crippen molar-refractivity contribution in [3.05, 3.63) is 64.1 Å². The molecule has 2 fully saturated rings. The van der Waals surface area contributed by atoms with E-state index in [2.05, 4.69) is 40.5 Å². The third kappa shape index (κ3) is 4.45. The Bertz CT molecular complexity index is 822. The Hall–Kier alpha value is -1.75. The predicted octanol–water partition coefficient (Wildman–Crippen LogP) is 5.48. The molecular formula is C22H25Cl2N3O. The van der Waals surface area contributed by atoms with Crippen LogP contribution >= 0.6 is 23.2 Å². The molecule has 2 heterocycles. The highest BCUT2D eigenvalue weighted by Crippen LogP contribution is 2.30. The molecule has 2 amide bonds. The number of carbonyl (C=O) groups excluding carboxylic acids is 1. The third-order valence-corrected chi connectivity index (χ3v) is 6.68. The number of nitrogens with one attached hydrogen (secondary N) is 1. The van der Waals surface area contributed by atoms with Crippen LogP contribution in [0.2, 0.25) is 10.0 Å². The van der Waals surface area contributed by atoms with Crippen molar-refractivity contribution in [1.29, 1.82) is 0 Å². The average molecular weight is 418 g/mol. The maximum Gasteiger partial charge on any atom is 0.321 e. The van der Waals surface area contributed by atoms with Gasteiger partial charge in [0.2, 0.25) is 0 Å². The Kier molecular flexibility index (Phi) is 6.10. The topological polar surface area (TPSA) is 35.6 Å². The number of anilines is 1. The molecular weight excluding hydrogens is 393 g/mol. The Morgan fingerprint density at radius 1 is 0.929 bits per heavy atom. The number of rotatable bonds is 3. The molecule has 28 heavy (non-hydrogen) atoms. The molecule has 1 atom stereocenters. The minimum Gasteiger partial charge on any atom is -0.323 e. The van der Waals surface area contributed by atoms with Crippen LogP contribution in [0.5, 0.6) is 0 Å². The molecule has 148 valence electrons. The first-order valence-electron chi connectivity index (χ1n) is 9.90. The largest absolute Gasteiger partial charge is 0.323 e. The molecule has 2 saturated heterocycles. The molecule has 0 aromatic heterocycles. The van der Waals surface area contributed by atoms with Gasteiger partial charge < -0.3 is 10.2 Å². The van der Waals surface area contributed by atoms with Gasteiger partial charge in [0, 0.05) is 24.8 Å². The van der Waals surface area contributed by atoms with Gasteiger partial charge in [0.1, 0.15) is 0 Å². The van der Waals surface area contributed by atoms with Gasteiger partial charge >= 0.3 is 6.03 Å². The SMILES string of the molecule is O=C(Nc1ccc(Cl)c(Cl)c1)N1CCC(N2CCC(c3ccccc3)CC2)C1. The van der Waals surface area contributed by atoms with Gasteiger partial charge in [0.05, 0.1) is 10.0 Å². The number of halogens is 2. The first kappa shape index (κ1) is 19.6. The molecule has 4 rings (SSSR count). The van der Waals surface area contributed by atoms with Crippen LogP contribution in [0, 0.1) is 0 Å². The van der Waals surface area contributed by atoms with Gasteiger partial charge in [0.15, 0.2) is 0 Å². The molecule has 2 aromatic rings. The van der Waals surface area contributed by atoms with E-state index >= 15 is 0 Å². The van der Waals surface area contributed by atoms with Gasteiger partial charge in [-0.15, -0.1) is 0 Å². The minimum atomic E-state index is -0.0694. The van der Waals surface area contributed by atoms with Crippen molar-refractivity contribution in [2.75, 3.05) is 31.5 Å². The quantitative estimate of drug-likeness (QED) is 0.717. The predicted molar refractivity (Wildman–Crippen MR) is 115 cm³/mol. The van der Waals surface area contributed by atoms with E-state index in [4.69, 9.17) is 23.2 Å². The molecule has 1 N–H and O–H groups in total. The highest BCUT2D eigenvalue weighted by atomic mass is 35.5. The number of hydrogen-bond acceptors (Lipinski definition) is 2. The van der Waals surface area contributed by atoms with E-state index in [0.29, 0.717) is 27.7 Å². The van der Waals surface area contributed by atoms with Crippen LogP contribution in [0.1, 0.15) is 30.7 Å². The summed E-state index contributed by atoms with van der Waals surface area (Å²) >= 11 is 12.0. The first-order chi connectivity index (χ1) is 13.6. The normalized spacial score (nSPS) is 21.1. The second-order valence-electron chi connectivity index (χ2n) is 7.67. The lowest BCUT2D eigenvalue weighted by molar-refractivity contribution is 0.153. The van der Waals surface area contributed by atoms with Crippen LogP contribution in [0.15, 0.2) is 48.5 Å².